The van der Waals surface area contributed by atoms with Crippen molar-refractivity contribution in [2.24, 2.45) is 0 Å². The van der Waals surface area contributed by atoms with E-state index < -0.39 is 28.5 Å². The summed E-state index contributed by atoms with van der Waals surface area (Å²) in [7, 11) is -2.21. The molecule has 0 saturated carbocycles. The van der Waals surface area contributed by atoms with Crippen LogP contribution in [0.1, 0.15) is 24.5 Å². The molecule has 168 valence electrons. The Hall–Kier alpha value is -2.39. The monoisotopic (exact) mass is 509 g/mol. The summed E-state index contributed by atoms with van der Waals surface area (Å²) in [6.45, 7) is 3.58. The Labute approximate surface area is 192 Å². The zero-order valence-corrected chi connectivity index (χ0v) is 20.5. The van der Waals surface area contributed by atoms with Crippen molar-refractivity contribution in [2.75, 3.05) is 24.2 Å². The third-order valence-electron chi connectivity index (χ3n) is 4.90. The third kappa shape index (κ3) is 6.80. The van der Waals surface area contributed by atoms with Gasteiger partial charge in [0.25, 0.3) is 0 Å². The fourth-order valence-corrected chi connectivity index (χ4v) is 4.31. The summed E-state index contributed by atoms with van der Waals surface area (Å²) < 4.78 is 26.8. The van der Waals surface area contributed by atoms with Crippen LogP contribution in [0.2, 0.25) is 0 Å². The van der Waals surface area contributed by atoms with Crippen LogP contribution in [0.4, 0.5) is 5.69 Å². The van der Waals surface area contributed by atoms with Gasteiger partial charge < -0.3 is 10.2 Å². The van der Waals surface area contributed by atoms with E-state index in [-0.39, 0.29) is 12.5 Å². The Balaban J connectivity index is 2.40. The van der Waals surface area contributed by atoms with E-state index in [2.05, 4.69) is 21.2 Å². The maximum Gasteiger partial charge on any atom is 0.244 e. The smallest absolute Gasteiger partial charge is 0.244 e. The van der Waals surface area contributed by atoms with Crippen LogP contribution in [0.3, 0.4) is 0 Å². The Bertz CT molecular complexity index is 1010. The largest absolute Gasteiger partial charge is 0.357 e. The number of rotatable bonds is 9. The molecule has 2 amide bonds. The van der Waals surface area contributed by atoms with Crippen LogP contribution < -0.4 is 9.62 Å². The first-order chi connectivity index (χ1) is 14.6. The number of amides is 2. The lowest BCUT2D eigenvalue weighted by molar-refractivity contribution is -0.140. The summed E-state index contributed by atoms with van der Waals surface area (Å²) in [6, 6.07) is 13.6. The number of nitrogens with zero attached hydrogens (tertiary/aromatic N) is 2. The molecular formula is C22H28BrN3O4S. The highest BCUT2D eigenvalue weighted by Gasteiger charge is 2.31. The van der Waals surface area contributed by atoms with Crippen molar-refractivity contribution in [1.82, 2.24) is 10.2 Å². The maximum absolute atomic E-state index is 13.4. The summed E-state index contributed by atoms with van der Waals surface area (Å²) in [6.07, 6.45) is 1.46. The first-order valence-electron chi connectivity index (χ1n) is 9.86. The van der Waals surface area contributed by atoms with Gasteiger partial charge in [-0.2, -0.15) is 0 Å². The van der Waals surface area contributed by atoms with Gasteiger partial charge in [-0.25, -0.2) is 8.42 Å². The Kier molecular flexibility index (Phi) is 8.64. The number of carbonyl (C=O) groups is 2. The van der Waals surface area contributed by atoms with Crippen molar-refractivity contribution in [3.63, 3.8) is 0 Å². The van der Waals surface area contributed by atoms with Gasteiger partial charge in [0, 0.05) is 18.1 Å². The fraction of sp³-hybridized carbons (Fsp3) is 0.364. The standard InChI is InChI=1S/C22H28BrN3O4S/c1-5-20(22(28)24-3)25(14-17-8-6-16(2)7-9-17)21(27)15-26(31(4,29)30)19-12-10-18(23)11-13-19/h6-13,20H,5,14-15H2,1-4H3,(H,24,28)/t20-/m1/s1. The molecule has 1 N–H and O–H groups in total. The molecule has 1 atom stereocenters. The normalized spacial score (nSPS) is 12.2. The lowest BCUT2D eigenvalue weighted by atomic mass is 10.1. The number of halogens is 1. The van der Waals surface area contributed by atoms with Crippen LogP contribution in [0.25, 0.3) is 0 Å². The summed E-state index contributed by atoms with van der Waals surface area (Å²) in [5.74, 6) is -0.748. The first-order valence-corrected chi connectivity index (χ1v) is 12.5. The number of benzene rings is 2. The molecule has 0 radical (unpaired) electrons. The predicted octanol–water partition coefficient (Wildman–Crippen LogP) is 3.08. The van der Waals surface area contributed by atoms with Gasteiger partial charge in [-0.15, -0.1) is 0 Å². The number of nitrogens with one attached hydrogen (secondary N) is 1. The lowest BCUT2D eigenvalue weighted by Gasteiger charge is -2.32. The molecule has 0 aliphatic heterocycles. The molecule has 0 aliphatic carbocycles. The van der Waals surface area contributed by atoms with Crippen LogP contribution in [0.5, 0.6) is 0 Å². The van der Waals surface area contributed by atoms with Crippen molar-refractivity contribution >= 4 is 43.5 Å². The molecule has 2 aromatic rings. The fourth-order valence-electron chi connectivity index (χ4n) is 3.20. The third-order valence-corrected chi connectivity index (χ3v) is 6.57. The number of likely N-dealkylation sites (N-methyl/N-ethyl adjacent to an activating group) is 1. The second-order valence-electron chi connectivity index (χ2n) is 7.29. The molecule has 2 rings (SSSR count). The van der Waals surface area contributed by atoms with Crippen LogP contribution in [0, 0.1) is 6.92 Å². The quantitative estimate of drug-likeness (QED) is 0.562. The zero-order chi connectivity index (χ0) is 23.2. The number of sulfonamides is 1. The molecular weight excluding hydrogens is 482 g/mol. The summed E-state index contributed by atoms with van der Waals surface area (Å²) in [5.41, 5.74) is 2.32. The van der Waals surface area contributed by atoms with Gasteiger partial charge in [0.15, 0.2) is 0 Å². The second kappa shape index (κ2) is 10.8. The molecule has 2 aromatic carbocycles. The van der Waals surface area contributed by atoms with Gasteiger partial charge in [0.1, 0.15) is 12.6 Å². The lowest BCUT2D eigenvalue weighted by Crippen LogP contribution is -2.51. The van der Waals surface area contributed by atoms with E-state index in [0.29, 0.717) is 12.1 Å². The minimum absolute atomic E-state index is 0.197. The Morgan fingerprint density at radius 3 is 2.13 bits per heavy atom. The van der Waals surface area contributed by atoms with Crippen molar-refractivity contribution < 1.29 is 18.0 Å². The van der Waals surface area contributed by atoms with Crippen molar-refractivity contribution in [1.29, 1.82) is 0 Å². The van der Waals surface area contributed by atoms with Crippen LogP contribution in [-0.4, -0.2) is 51.0 Å². The van der Waals surface area contributed by atoms with Gasteiger partial charge in [-0.3, -0.25) is 13.9 Å². The van der Waals surface area contributed by atoms with E-state index in [1.165, 1.54) is 11.9 Å². The minimum atomic E-state index is -3.73. The van der Waals surface area contributed by atoms with E-state index in [9.17, 15) is 18.0 Å². The highest BCUT2D eigenvalue weighted by Crippen LogP contribution is 2.22. The first kappa shape index (κ1) is 24.9. The minimum Gasteiger partial charge on any atom is -0.357 e. The van der Waals surface area contributed by atoms with Crippen LogP contribution in [-0.2, 0) is 26.2 Å². The predicted molar refractivity (Wildman–Crippen MR) is 126 cm³/mol. The molecule has 0 aromatic heterocycles. The average Bonchev–Trinajstić information content (AvgIpc) is 2.72. The molecule has 9 heteroatoms. The average molecular weight is 510 g/mol. The molecule has 0 unspecified atom stereocenters. The van der Waals surface area contributed by atoms with Gasteiger partial charge in [-0.1, -0.05) is 52.7 Å². The maximum atomic E-state index is 13.4. The van der Waals surface area contributed by atoms with Crippen LogP contribution in [0.15, 0.2) is 53.0 Å². The van der Waals surface area contributed by atoms with Gasteiger partial charge in [0.05, 0.1) is 11.9 Å². The zero-order valence-electron chi connectivity index (χ0n) is 18.1. The number of anilines is 1. The van der Waals surface area contributed by atoms with Gasteiger partial charge in [0.2, 0.25) is 21.8 Å². The molecule has 0 saturated heterocycles. The summed E-state index contributed by atoms with van der Waals surface area (Å²) in [4.78, 5) is 27.3. The molecule has 0 heterocycles. The van der Waals surface area contributed by atoms with Gasteiger partial charge >= 0.3 is 0 Å². The molecule has 0 fully saturated rings. The SMILES string of the molecule is CC[C@H](C(=O)NC)N(Cc1ccc(C)cc1)C(=O)CN(c1ccc(Br)cc1)S(C)(=O)=O. The molecule has 0 bridgehead atoms. The number of hydrogen-bond acceptors (Lipinski definition) is 4. The van der Waals surface area contributed by atoms with E-state index in [1.54, 1.807) is 24.3 Å². The highest BCUT2D eigenvalue weighted by molar-refractivity contribution is 9.10. The summed E-state index contributed by atoms with van der Waals surface area (Å²) >= 11 is 3.33. The number of aryl methyl sites for hydroxylation is 1. The molecule has 0 spiro atoms. The van der Waals surface area contributed by atoms with E-state index in [0.717, 1.165) is 26.2 Å². The van der Waals surface area contributed by atoms with Crippen molar-refractivity contribution in [3.8, 4) is 0 Å². The van der Waals surface area contributed by atoms with E-state index in [1.807, 2.05) is 38.1 Å². The van der Waals surface area contributed by atoms with E-state index >= 15 is 0 Å². The molecule has 0 aliphatic rings. The van der Waals surface area contributed by atoms with Crippen molar-refractivity contribution in [3.05, 3.63) is 64.1 Å². The highest BCUT2D eigenvalue weighted by atomic mass is 79.9. The topological polar surface area (TPSA) is 86.8 Å². The second-order valence-corrected chi connectivity index (χ2v) is 10.1. The van der Waals surface area contributed by atoms with Crippen LogP contribution >= 0.6 is 15.9 Å². The van der Waals surface area contributed by atoms with Crippen molar-refractivity contribution in [2.45, 2.75) is 32.9 Å². The number of hydrogen-bond donors (Lipinski definition) is 1. The number of carbonyl (C=O) groups excluding carboxylic acids is 2. The Morgan fingerprint density at radius 2 is 1.65 bits per heavy atom. The molecule has 31 heavy (non-hydrogen) atoms. The Morgan fingerprint density at radius 1 is 1.06 bits per heavy atom. The van der Waals surface area contributed by atoms with Gasteiger partial charge in [-0.05, 0) is 43.2 Å². The summed E-state index contributed by atoms with van der Waals surface area (Å²) in [5, 5.41) is 2.60. The van der Waals surface area contributed by atoms with E-state index in [4.69, 9.17) is 0 Å². The molecule has 7 nitrogen and oxygen atoms in total.